The third kappa shape index (κ3) is 4.21. The Bertz CT molecular complexity index is 866. The molecule has 3 rings (SSSR count). The Balaban J connectivity index is 1.61. The Hall–Kier alpha value is -2.86. The second kappa shape index (κ2) is 8.01. The minimum Gasteiger partial charge on any atom is -0.484 e. The molecule has 0 aliphatic rings. The first-order chi connectivity index (χ1) is 12.5. The van der Waals surface area contributed by atoms with Crippen molar-refractivity contribution in [2.24, 2.45) is 0 Å². The van der Waals surface area contributed by atoms with Crippen LogP contribution in [0.25, 0.3) is 5.69 Å². The van der Waals surface area contributed by atoms with Gasteiger partial charge in [0.15, 0.2) is 6.61 Å². The summed E-state index contributed by atoms with van der Waals surface area (Å²) in [6.07, 6.45) is 3.13. The maximum atomic E-state index is 12.4. The third-order valence-electron chi connectivity index (χ3n) is 4.19. The van der Waals surface area contributed by atoms with Gasteiger partial charge in [-0.05, 0) is 42.8 Å². The van der Waals surface area contributed by atoms with E-state index >= 15 is 0 Å². The summed E-state index contributed by atoms with van der Waals surface area (Å²) >= 11 is 5.92. The number of carbonyl (C=O) groups excluding carboxylic acids is 1. The van der Waals surface area contributed by atoms with Gasteiger partial charge < -0.3 is 9.64 Å². The second-order valence-electron chi connectivity index (χ2n) is 5.86. The van der Waals surface area contributed by atoms with Gasteiger partial charge in [0.05, 0.1) is 11.7 Å². The van der Waals surface area contributed by atoms with Crippen molar-refractivity contribution in [3.05, 3.63) is 71.8 Å². The quantitative estimate of drug-likeness (QED) is 0.666. The molecule has 0 unspecified atom stereocenters. The van der Waals surface area contributed by atoms with Crippen LogP contribution in [0.5, 0.6) is 5.75 Å². The van der Waals surface area contributed by atoms with Crippen LogP contribution in [0, 0.1) is 0 Å². The van der Waals surface area contributed by atoms with Crippen LogP contribution in [0.4, 0.5) is 0 Å². The van der Waals surface area contributed by atoms with Crippen LogP contribution in [0.15, 0.2) is 61.2 Å². The van der Waals surface area contributed by atoms with E-state index in [1.54, 1.807) is 47.2 Å². The zero-order valence-electron chi connectivity index (χ0n) is 14.5. The van der Waals surface area contributed by atoms with Gasteiger partial charge in [-0.15, -0.1) is 0 Å². The summed E-state index contributed by atoms with van der Waals surface area (Å²) in [5.74, 6) is 0.460. The SMILES string of the molecule is C[C@@H](c1ccc(-n2cncn2)cc1)N(C)C(=O)COc1cccc(Cl)c1. The summed E-state index contributed by atoms with van der Waals surface area (Å²) in [6.45, 7) is 1.93. The molecule has 0 radical (unpaired) electrons. The van der Waals surface area contributed by atoms with Gasteiger partial charge >= 0.3 is 0 Å². The fourth-order valence-corrected chi connectivity index (χ4v) is 2.67. The molecule has 0 fully saturated rings. The summed E-state index contributed by atoms with van der Waals surface area (Å²) in [5.41, 5.74) is 1.93. The molecule has 0 aliphatic heterocycles. The fourth-order valence-electron chi connectivity index (χ4n) is 2.49. The number of halogens is 1. The summed E-state index contributed by atoms with van der Waals surface area (Å²) in [4.78, 5) is 18.0. The molecule has 0 bridgehead atoms. The van der Waals surface area contributed by atoms with Crippen LogP contribution in [-0.2, 0) is 4.79 Å². The highest BCUT2D eigenvalue weighted by molar-refractivity contribution is 6.30. The van der Waals surface area contributed by atoms with Crippen molar-refractivity contribution in [2.75, 3.05) is 13.7 Å². The minimum atomic E-state index is -0.113. The van der Waals surface area contributed by atoms with Crippen LogP contribution >= 0.6 is 11.6 Å². The highest BCUT2D eigenvalue weighted by Crippen LogP contribution is 2.21. The van der Waals surface area contributed by atoms with Gasteiger partial charge in [-0.3, -0.25) is 4.79 Å². The van der Waals surface area contributed by atoms with E-state index in [-0.39, 0.29) is 18.6 Å². The molecule has 0 saturated carbocycles. The summed E-state index contributed by atoms with van der Waals surface area (Å²) in [7, 11) is 1.76. The van der Waals surface area contributed by atoms with Crippen molar-refractivity contribution in [1.82, 2.24) is 19.7 Å². The van der Waals surface area contributed by atoms with Crippen LogP contribution < -0.4 is 4.74 Å². The first-order valence-electron chi connectivity index (χ1n) is 8.13. The monoisotopic (exact) mass is 370 g/mol. The van der Waals surface area contributed by atoms with Gasteiger partial charge in [-0.1, -0.05) is 29.8 Å². The van der Waals surface area contributed by atoms with Gasteiger partial charge in [0.1, 0.15) is 18.4 Å². The number of nitrogens with zero attached hydrogens (tertiary/aromatic N) is 4. The molecule has 26 heavy (non-hydrogen) atoms. The molecule has 1 atom stereocenters. The number of hydrogen-bond acceptors (Lipinski definition) is 4. The maximum Gasteiger partial charge on any atom is 0.260 e. The van der Waals surface area contributed by atoms with E-state index in [2.05, 4.69) is 10.1 Å². The molecule has 0 saturated heterocycles. The third-order valence-corrected chi connectivity index (χ3v) is 4.43. The van der Waals surface area contributed by atoms with Crippen molar-refractivity contribution in [3.8, 4) is 11.4 Å². The van der Waals surface area contributed by atoms with E-state index in [0.717, 1.165) is 11.3 Å². The van der Waals surface area contributed by atoms with Gasteiger partial charge in [0, 0.05) is 12.1 Å². The number of likely N-dealkylation sites (N-methyl/N-ethyl adjacent to an activating group) is 1. The molecule has 134 valence electrons. The normalized spacial score (nSPS) is 11.8. The summed E-state index contributed by atoms with van der Waals surface area (Å²) in [5, 5.41) is 4.67. The number of hydrogen-bond donors (Lipinski definition) is 0. The second-order valence-corrected chi connectivity index (χ2v) is 6.29. The zero-order chi connectivity index (χ0) is 18.5. The summed E-state index contributed by atoms with van der Waals surface area (Å²) < 4.78 is 7.21. The predicted octanol–water partition coefficient (Wildman–Crippen LogP) is 3.52. The first kappa shape index (κ1) is 17.9. The van der Waals surface area contributed by atoms with Crippen LogP contribution in [0.1, 0.15) is 18.5 Å². The molecular weight excluding hydrogens is 352 g/mol. The number of rotatable bonds is 6. The lowest BCUT2D eigenvalue weighted by molar-refractivity contribution is -0.134. The lowest BCUT2D eigenvalue weighted by atomic mass is 10.1. The number of carbonyl (C=O) groups is 1. The van der Waals surface area contributed by atoms with Crippen molar-refractivity contribution in [2.45, 2.75) is 13.0 Å². The van der Waals surface area contributed by atoms with E-state index in [1.165, 1.54) is 6.33 Å². The Morgan fingerprint density at radius 2 is 2.04 bits per heavy atom. The molecular formula is C19H19ClN4O2. The molecule has 1 aromatic heterocycles. The molecule has 7 heteroatoms. The van der Waals surface area contributed by atoms with E-state index in [4.69, 9.17) is 16.3 Å². The lowest BCUT2D eigenvalue weighted by Gasteiger charge is -2.25. The van der Waals surface area contributed by atoms with Crippen LogP contribution in [0.3, 0.4) is 0 Å². The average Bonchev–Trinajstić information content (AvgIpc) is 3.20. The van der Waals surface area contributed by atoms with E-state index < -0.39 is 0 Å². The molecule has 1 amide bonds. The van der Waals surface area contributed by atoms with E-state index in [9.17, 15) is 4.79 Å². The highest BCUT2D eigenvalue weighted by Gasteiger charge is 2.18. The first-order valence-corrected chi connectivity index (χ1v) is 8.51. The van der Waals surface area contributed by atoms with Crippen molar-refractivity contribution in [1.29, 1.82) is 0 Å². The van der Waals surface area contributed by atoms with Gasteiger partial charge in [-0.25, -0.2) is 9.67 Å². The van der Waals surface area contributed by atoms with Crippen molar-refractivity contribution in [3.63, 3.8) is 0 Å². The van der Waals surface area contributed by atoms with Crippen molar-refractivity contribution < 1.29 is 9.53 Å². The van der Waals surface area contributed by atoms with Gasteiger partial charge in [-0.2, -0.15) is 5.10 Å². The van der Waals surface area contributed by atoms with Crippen LogP contribution in [0.2, 0.25) is 5.02 Å². The number of aromatic nitrogens is 3. The highest BCUT2D eigenvalue weighted by atomic mass is 35.5. The maximum absolute atomic E-state index is 12.4. The number of benzene rings is 2. The zero-order valence-corrected chi connectivity index (χ0v) is 15.3. The molecule has 0 spiro atoms. The lowest BCUT2D eigenvalue weighted by Crippen LogP contribution is -2.33. The average molecular weight is 371 g/mol. The smallest absolute Gasteiger partial charge is 0.260 e. The molecule has 0 aliphatic carbocycles. The van der Waals surface area contributed by atoms with E-state index in [0.29, 0.717) is 10.8 Å². The largest absolute Gasteiger partial charge is 0.484 e. The molecule has 2 aromatic carbocycles. The summed E-state index contributed by atoms with van der Waals surface area (Å²) in [6, 6.07) is 14.7. The fraction of sp³-hybridized carbons (Fsp3) is 0.211. The van der Waals surface area contributed by atoms with Crippen molar-refractivity contribution >= 4 is 17.5 Å². The Morgan fingerprint density at radius 1 is 1.27 bits per heavy atom. The van der Waals surface area contributed by atoms with Gasteiger partial charge in [0.2, 0.25) is 0 Å². The molecule has 1 heterocycles. The Morgan fingerprint density at radius 3 is 2.69 bits per heavy atom. The van der Waals surface area contributed by atoms with Gasteiger partial charge in [0.25, 0.3) is 5.91 Å². The minimum absolute atomic E-state index is 0.0434. The predicted molar refractivity (Wildman–Crippen MR) is 99.5 cm³/mol. The van der Waals surface area contributed by atoms with E-state index in [1.807, 2.05) is 31.2 Å². The molecule has 6 nitrogen and oxygen atoms in total. The van der Waals surface area contributed by atoms with Crippen LogP contribution in [-0.4, -0.2) is 39.2 Å². The molecule has 0 N–H and O–H groups in total. The number of amides is 1. The molecule has 3 aromatic rings. The topological polar surface area (TPSA) is 60.2 Å². The Kier molecular flexibility index (Phi) is 5.53. The Labute approximate surface area is 157 Å². The standard InChI is InChI=1S/C19H19ClN4O2/c1-14(15-6-8-17(9-7-15)24-13-21-12-22-24)23(2)19(25)11-26-18-5-3-4-16(20)10-18/h3-10,12-14H,11H2,1-2H3/t14-/m0/s1. The number of ether oxygens (including phenoxy) is 1.